The van der Waals surface area contributed by atoms with E-state index >= 15 is 0 Å². The van der Waals surface area contributed by atoms with Gasteiger partial charge in [0.25, 0.3) is 11.2 Å². The van der Waals surface area contributed by atoms with E-state index in [0.717, 1.165) is 5.56 Å². The first kappa shape index (κ1) is 27.7. The van der Waals surface area contributed by atoms with Crippen LogP contribution in [0.25, 0.3) is 6.08 Å². The van der Waals surface area contributed by atoms with Gasteiger partial charge in [-0.05, 0) is 73.0 Å². The summed E-state index contributed by atoms with van der Waals surface area (Å²) in [4.78, 5) is 42.0. The maximum Gasteiger partial charge on any atom is 0.338 e. The van der Waals surface area contributed by atoms with Gasteiger partial charge in [-0.15, -0.1) is 0 Å². The molecule has 0 N–H and O–H groups in total. The Kier molecular flexibility index (Phi) is 7.88. The molecule has 3 aromatic carbocycles. The normalized spacial score (nSPS) is 14.8. The number of nitro groups is 1. The van der Waals surface area contributed by atoms with Crippen molar-refractivity contribution in [2.75, 3.05) is 6.61 Å². The number of esters is 1. The van der Waals surface area contributed by atoms with Gasteiger partial charge in [0.15, 0.2) is 4.80 Å². The lowest BCUT2D eigenvalue weighted by Gasteiger charge is -2.24. The SMILES string of the molecule is CCOC(=O)C1=C(C)N=c2s/c(=C\c3cccc(OCc4ccc([N+](=O)[O-])cc4)c3)c(=O)n2[C@H]1c1ccc(F)cc1. The lowest BCUT2D eigenvalue weighted by Crippen LogP contribution is -2.39. The van der Waals surface area contributed by atoms with Gasteiger partial charge in [-0.1, -0.05) is 35.6 Å². The highest BCUT2D eigenvalue weighted by Gasteiger charge is 2.33. The molecule has 0 saturated heterocycles. The van der Waals surface area contributed by atoms with E-state index in [4.69, 9.17) is 9.47 Å². The van der Waals surface area contributed by atoms with Crippen LogP contribution in [0.2, 0.25) is 0 Å². The molecule has 0 amide bonds. The first-order valence-electron chi connectivity index (χ1n) is 12.7. The van der Waals surface area contributed by atoms with Crippen molar-refractivity contribution in [1.29, 1.82) is 0 Å². The van der Waals surface area contributed by atoms with Crippen molar-refractivity contribution < 1.29 is 23.6 Å². The molecule has 0 unspecified atom stereocenters. The Bertz CT molecular complexity index is 1840. The van der Waals surface area contributed by atoms with Crippen molar-refractivity contribution >= 4 is 29.1 Å². The molecule has 0 aliphatic carbocycles. The van der Waals surface area contributed by atoms with Crippen LogP contribution in [0.1, 0.15) is 36.6 Å². The third kappa shape index (κ3) is 5.85. The maximum absolute atomic E-state index is 13.7. The Hall–Kier alpha value is -4.90. The molecule has 11 heteroatoms. The van der Waals surface area contributed by atoms with E-state index < -0.39 is 22.8 Å². The summed E-state index contributed by atoms with van der Waals surface area (Å²) in [5.74, 6) is -0.472. The highest BCUT2D eigenvalue weighted by Crippen LogP contribution is 2.30. The van der Waals surface area contributed by atoms with Crippen LogP contribution in [0.4, 0.5) is 10.1 Å². The minimum Gasteiger partial charge on any atom is -0.489 e. The van der Waals surface area contributed by atoms with Crippen molar-refractivity contribution in [3.63, 3.8) is 0 Å². The number of allylic oxidation sites excluding steroid dienone is 1. The van der Waals surface area contributed by atoms with Gasteiger partial charge >= 0.3 is 5.97 Å². The fourth-order valence-electron chi connectivity index (χ4n) is 4.48. The van der Waals surface area contributed by atoms with Gasteiger partial charge < -0.3 is 9.47 Å². The third-order valence-electron chi connectivity index (χ3n) is 6.41. The second-order valence-corrected chi connectivity index (χ2v) is 10.1. The zero-order valence-electron chi connectivity index (χ0n) is 22.1. The number of halogens is 1. The average molecular weight is 574 g/mol. The molecule has 0 spiro atoms. The highest BCUT2D eigenvalue weighted by molar-refractivity contribution is 7.07. The van der Waals surface area contributed by atoms with Crippen molar-refractivity contribution in [1.82, 2.24) is 4.57 Å². The number of ether oxygens (including phenoxy) is 2. The predicted octanol–water partition coefficient (Wildman–Crippen LogP) is 4.42. The van der Waals surface area contributed by atoms with E-state index in [-0.39, 0.29) is 30.0 Å². The molecule has 5 rings (SSSR count). The van der Waals surface area contributed by atoms with Gasteiger partial charge in [-0.25, -0.2) is 14.2 Å². The molecule has 1 aliphatic heterocycles. The number of carbonyl (C=O) groups excluding carboxylic acids is 1. The molecular weight excluding hydrogens is 549 g/mol. The van der Waals surface area contributed by atoms with Crippen molar-refractivity contribution in [3.8, 4) is 5.75 Å². The van der Waals surface area contributed by atoms with Crippen molar-refractivity contribution in [3.05, 3.63) is 136 Å². The smallest absolute Gasteiger partial charge is 0.338 e. The summed E-state index contributed by atoms with van der Waals surface area (Å²) >= 11 is 1.18. The summed E-state index contributed by atoms with van der Waals surface area (Å²) in [7, 11) is 0. The van der Waals surface area contributed by atoms with Crippen LogP contribution in [0.3, 0.4) is 0 Å². The molecule has 4 aromatic rings. The van der Waals surface area contributed by atoms with Crippen LogP contribution in [0.5, 0.6) is 5.75 Å². The molecule has 2 heterocycles. The van der Waals surface area contributed by atoms with E-state index in [0.29, 0.717) is 31.9 Å². The number of rotatable bonds is 8. The fourth-order valence-corrected chi connectivity index (χ4v) is 5.52. The minimum atomic E-state index is -0.829. The summed E-state index contributed by atoms with van der Waals surface area (Å²) in [5, 5.41) is 10.9. The Balaban J connectivity index is 1.49. The summed E-state index contributed by atoms with van der Waals surface area (Å²) in [6, 6.07) is 18.1. The van der Waals surface area contributed by atoms with Crippen LogP contribution in [-0.2, 0) is 16.1 Å². The molecule has 1 aliphatic rings. The zero-order chi connectivity index (χ0) is 29.1. The van der Waals surface area contributed by atoms with Crippen LogP contribution in [0, 0.1) is 15.9 Å². The Morgan fingerprint density at radius 3 is 2.56 bits per heavy atom. The molecule has 1 atom stereocenters. The molecule has 0 radical (unpaired) electrons. The van der Waals surface area contributed by atoms with Gasteiger partial charge in [-0.3, -0.25) is 19.5 Å². The zero-order valence-corrected chi connectivity index (χ0v) is 22.9. The largest absolute Gasteiger partial charge is 0.489 e. The number of benzene rings is 3. The van der Waals surface area contributed by atoms with Crippen molar-refractivity contribution in [2.45, 2.75) is 26.5 Å². The monoisotopic (exact) mass is 573 g/mol. The number of fused-ring (bicyclic) bond motifs is 1. The summed E-state index contributed by atoms with van der Waals surface area (Å²) in [6.07, 6.45) is 1.72. The van der Waals surface area contributed by atoms with E-state index in [1.165, 1.54) is 40.2 Å². The number of aromatic nitrogens is 1. The quantitative estimate of drug-likeness (QED) is 0.175. The number of nitro benzene ring substituents is 1. The minimum absolute atomic E-state index is 0.00320. The Labute approximate surface area is 237 Å². The number of carbonyl (C=O) groups is 1. The van der Waals surface area contributed by atoms with E-state index in [9.17, 15) is 24.1 Å². The molecule has 0 bridgehead atoms. The molecule has 1 aromatic heterocycles. The van der Waals surface area contributed by atoms with Crippen LogP contribution >= 0.6 is 11.3 Å². The molecule has 208 valence electrons. The third-order valence-corrected chi connectivity index (χ3v) is 7.39. The number of hydrogen-bond donors (Lipinski definition) is 0. The van der Waals surface area contributed by atoms with Crippen LogP contribution in [-0.4, -0.2) is 22.1 Å². The first-order valence-corrected chi connectivity index (χ1v) is 13.5. The predicted molar refractivity (Wildman–Crippen MR) is 151 cm³/mol. The number of non-ortho nitro benzene ring substituents is 1. The lowest BCUT2D eigenvalue weighted by atomic mass is 9.96. The lowest BCUT2D eigenvalue weighted by molar-refractivity contribution is -0.384. The molecule has 0 saturated carbocycles. The molecular formula is C30H24FN3O6S. The van der Waals surface area contributed by atoms with Gasteiger partial charge in [0.2, 0.25) is 0 Å². The molecule has 9 nitrogen and oxygen atoms in total. The van der Waals surface area contributed by atoms with E-state index in [2.05, 4.69) is 4.99 Å². The van der Waals surface area contributed by atoms with Gasteiger partial charge in [0, 0.05) is 12.1 Å². The van der Waals surface area contributed by atoms with Gasteiger partial charge in [0.05, 0.1) is 33.4 Å². The Morgan fingerprint density at radius 1 is 1.15 bits per heavy atom. The molecule has 0 fully saturated rings. The topological polar surface area (TPSA) is 113 Å². The van der Waals surface area contributed by atoms with E-state index in [1.807, 2.05) is 6.07 Å². The average Bonchev–Trinajstić information content (AvgIpc) is 3.26. The number of nitrogens with zero attached hydrogens (tertiary/aromatic N) is 3. The Morgan fingerprint density at radius 2 is 1.88 bits per heavy atom. The van der Waals surface area contributed by atoms with Gasteiger partial charge in [-0.2, -0.15) is 0 Å². The van der Waals surface area contributed by atoms with Gasteiger partial charge in [0.1, 0.15) is 18.2 Å². The number of hydrogen-bond acceptors (Lipinski definition) is 8. The first-order chi connectivity index (χ1) is 19.7. The molecule has 41 heavy (non-hydrogen) atoms. The standard InChI is InChI=1S/C30H24FN3O6S/c1-3-39-29(36)26-18(2)32-30-33(27(26)21-9-11-22(31)12-10-21)28(35)25(41-30)16-20-5-4-6-24(15-20)40-17-19-7-13-23(14-8-19)34(37)38/h4-16,27H,3,17H2,1-2H3/b25-16-/t27-/m0/s1. The summed E-state index contributed by atoms with van der Waals surface area (Å²) in [5.41, 5.74) is 2.32. The summed E-state index contributed by atoms with van der Waals surface area (Å²) in [6.45, 7) is 3.74. The summed E-state index contributed by atoms with van der Waals surface area (Å²) < 4.78 is 26.7. The van der Waals surface area contributed by atoms with Crippen molar-refractivity contribution in [2.24, 2.45) is 4.99 Å². The second-order valence-electron chi connectivity index (χ2n) is 9.14. The maximum atomic E-state index is 13.7. The second kappa shape index (κ2) is 11.7. The van der Waals surface area contributed by atoms with E-state index in [1.54, 1.807) is 62.4 Å². The van der Waals surface area contributed by atoms with Crippen LogP contribution in [0.15, 0.2) is 93.9 Å². The fraction of sp³-hybridized carbons (Fsp3) is 0.167. The van der Waals surface area contributed by atoms with Crippen LogP contribution < -0.4 is 19.6 Å². The highest BCUT2D eigenvalue weighted by atomic mass is 32.1. The number of thiazole rings is 1.